The van der Waals surface area contributed by atoms with E-state index in [0.717, 1.165) is 19.0 Å². The van der Waals surface area contributed by atoms with E-state index in [0.29, 0.717) is 6.04 Å². The lowest BCUT2D eigenvalue weighted by atomic mass is 9.92. The van der Waals surface area contributed by atoms with Gasteiger partial charge in [0.05, 0.1) is 0 Å². The van der Waals surface area contributed by atoms with Gasteiger partial charge in [-0.25, -0.2) is 5.01 Å². The molecule has 2 aliphatic rings. The van der Waals surface area contributed by atoms with Crippen molar-refractivity contribution in [3.63, 3.8) is 0 Å². The molecule has 2 heterocycles. The van der Waals surface area contributed by atoms with E-state index in [-0.39, 0.29) is 0 Å². The van der Waals surface area contributed by atoms with E-state index < -0.39 is 0 Å². The highest BCUT2D eigenvalue weighted by atomic mass is 15.5. The lowest BCUT2D eigenvalue weighted by Crippen LogP contribution is -2.56. The molecule has 0 aliphatic carbocycles. The Balaban J connectivity index is 1.74. The summed E-state index contributed by atoms with van der Waals surface area (Å²) in [5.74, 6) is 0.819. The summed E-state index contributed by atoms with van der Waals surface area (Å²) in [5.41, 5.74) is 3.75. The molecule has 0 aromatic carbocycles. The normalized spacial score (nSPS) is 29.5. The van der Waals surface area contributed by atoms with Gasteiger partial charge in [-0.3, -0.25) is 5.43 Å². The molecule has 0 aromatic heterocycles. The third-order valence-corrected chi connectivity index (χ3v) is 4.68. The minimum atomic E-state index is 0.614. The maximum atomic E-state index is 3.75. The lowest BCUT2D eigenvalue weighted by molar-refractivity contribution is 0.0594. The highest BCUT2D eigenvalue weighted by Crippen LogP contribution is 2.20. The van der Waals surface area contributed by atoms with Gasteiger partial charge in [0, 0.05) is 38.8 Å². The van der Waals surface area contributed by atoms with Gasteiger partial charge in [-0.15, -0.1) is 0 Å². The largest absolute Gasteiger partial charge is 0.304 e. The van der Waals surface area contributed by atoms with Crippen molar-refractivity contribution in [1.82, 2.24) is 20.2 Å². The number of likely N-dealkylation sites (N-methyl/N-ethyl adjacent to an activating group) is 1. The Labute approximate surface area is 119 Å². The van der Waals surface area contributed by atoms with Crippen LogP contribution in [0.5, 0.6) is 0 Å². The zero-order valence-electron chi connectivity index (χ0n) is 13.1. The number of piperidine rings is 1. The Bertz CT molecular complexity index is 249. The summed E-state index contributed by atoms with van der Waals surface area (Å²) < 4.78 is 0. The minimum Gasteiger partial charge on any atom is -0.304 e. The van der Waals surface area contributed by atoms with Crippen LogP contribution in [0.2, 0.25) is 0 Å². The molecule has 2 rings (SSSR count). The van der Waals surface area contributed by atoms with Crippen LogP contribution < -0.4 is 5.43 Å². The zero-order valence-corrected chi connectivity index (χ0v) is 13.1. The second-order valence-electron chi connectivity index (χ2n) is 6.41. The van der Waals surface area contributed by atoms with Gasteiger partial charge in [0.15, 0.2) is 0 Å². The molecule has 2 atom stereocenters. The monoisotopic (exact) mass is 268 g/mol. The van der Waals surface area contributed by atoms with Crippen molar-refractivity contribution >= 4 is 0 Å². The molecule has 19 heavy (non-hydrogen) atoms. The van der Waals surface area contributed by atoms with Gasteiger partial charge in [0.2, 0.25) is 0 Å². The fraction of sp³-hybridized carbons (Fsp3) is 1.00. The first-order chi connectivity index (χ1) is 9.19. The molecule has 4 heteroatoms. The molecule has 0 amide bonds. The minimum absolute atomic E-state index is 0.614. The molecule has 2 unspecified atom stereocenters. The van der Waals surface area contributed by atoms with Crippen molar-refractivity contribution in [2.45, 2.75) is 39.2 Å². The molecular formula is C15H32N4. The van der Waals surface area contributed by atoms with Crippen LogP contribution in [0.15, 0.2) is 0 Å². The van der Waals surface area contributed by atoms with Crippen molar-refractivity contribution in [3.05, 3.63) is 0 Å². The molecule has 4 nitrogen and oxygen atoms in total. The summed E-state index contributed by atoms with van der Waals surface area (Å²) in [4.78, 5) is 5.06. The van der Waals surface area contributed by atoms with Crippen LogP contribution in [-0.2, 0) is 0 Å². The Kier molecular flexibility index (Phi) is 6.07. The molecule has 0 radical (unpaired) electrons. The second kappa shape index (κ2) is 7.58. The molecule has 112 valence electrons. The van der Waals surface area contributed by atoms with Gasteiger partial charge in [0.25, 0.3) is 0 Å². The van der Waals surface area contributed by atoms with Crippen LogP contribution in [-0.4, -0.2) is 73.7 Å². The summed E-state index contributed by atoms with van der Waals surface area (Å²) in [6.45, 7) is 13.2. The van der Waals surface area contributed by atoms with E-state index >= 15 is 0 Å². The number of nitrogens with one attached hydrogen (secondary N) is 1. The summed E-state index contributed by atoms with van der Waals surface area (Å²) >= 11 is 0. The van der Waals surface area contributed by atoms with E-state index in [1.54, 1.807) is 0 Å². The zero-order chi connectivity index (χ0) is 13.7. The molecule has 0 bridgehead atoms. The standard InChI is InChI=1S/C15H32N4/c1-4-7-18-8-5-6-15(13-18)14(2)16-19-11-9-17(3)10-12-19/h14-16H,4-13H2,1-3H3. The van der Waals surface area contributed by atoms with Gasteiger partial charge in [-0.1, -0.05) is 6.92 Å². The molecule has 0 spiro atoms. The second-order valence-corrected chi connectivity index (χ2v) is 6.41. The Morgan fingerprint density at radius 3 is 2.58 bits per heavy atom. The number of hydrogen-bond acceptors (Lipinski definition) is 4. The van der Waals surface area contributed by atoms with Crippen molar-refractivity contribution in [1.29, 1.82) is 0 Å². The summed E-state index contributed by atoms with van der Waals surface area (Å²) in [6, 6.07) is 0.614. The van der Waals surface area contributed by atoms with Crippen LogP contribution in [0.4, 0.5) is 0 Å². The van der Waals surface area contributed by atoms with E-state index in [2.05, 4.69) is 41.1 Å². The van der Waals surface area contributed by atoms with Gasteiger partial charge in [-0.05, 0) is 52.2 Å². The molecule has 2 saturated heterocycles. The Morgan fingerprint density at radius 2 is 1.89 bits per heavy atom. The topological polar surface area (TPSA) is 21.8 Å². The highest BCUT2D eigenvalue weighted by Gasteiger charge is 2.26. The third kappa shape index (κ3) is 4.71. The van der Waals surface area contributed by atoms with E-state index in [1.807, 2.05) is 0 Å². The number of likely N-dealkylation sites (tertiary alicyclic amines) is 1. The molecule has 0 aromatic rings. The third-order valence-electron chi connectivity index (χ3n) is 4.68. The number of piperazine rings is 1. The summed E-state index contributed by atoms with van der Waals surface area (Å²) in [5, 5.41) is 2.43. The fourth-order valence-corrected chi connectivity index (χ4v) is 3.35. The van der Waals surface area contributed by atoms with Crippen molar-refractivity contribution in [2.24, 2.45) is 5.92 Å². The van der Waals surface area contributed by atoms with E-state index in [1.165, 1.54) is 52.0 Å². The predicted octanol–water partition coefficient (Wildman–Crippen LogP) is 1.25. The smallest absolute Gasteiger partial charge is 0.0259 e. The van der Waals surface area contributed by atoms with Crippen LogP contribution in [0.1, 0.15) is 33.1 Å². The van der Waals surface area contributed by atoms with E-state index in [4.69, 9.17) is 0 Å². The van der Waals surface area contributed by atoms with Gasteiger partial charge >= 0.3 is 0 Å². The number of hydrazine groups is 1. The van der Waals surface area contributed by atoms with Gasteiger partial charge in [0.1, 0.15) is 0 Å². The average molecular weight is 268 g/mol. The Hall–Kier alpha value is -0.160. The molecule has 2 aliphatic heterocycles. The molecular weight excluding hydrogens is 236 g/mol. The maximum absolute atomic E-state index is 3.75. The maximum Gasteiger partial charge on any atom is 0.0259 e. The van der Waals surface area contributed by atoms with Crippen LogP contribution in [0, 0.1) is 5.92 Å². The van der Waals surface area contributed by atoms with Crippen LogP contribution in [0.3, 0.4) is 0 Å². The number of hydrogen-bond donors (Lipinski definition) is 1. The molecule has 1 N–H and O–H groups in total. The van der Waals surface area contributed by atoms with Crippen molar-refractivity contribution in [2.75, 3.05) is 52.9 Å². The summed E-state index contributed by atoms with van der Waals surface area (Å²) in [7, 11) is 2.21. The first-order valence-corrected chi connectivity index (χ1v) is 8.11. The summed E-state index contributed by atoms with van der Waals surface area (Å²) in [6.07, 6.45) is 4.05. The van der Waals surface area contributed by atoms with Crippen LogP contribution >= 0.6 is 0 Å². The average Bonchev–Trinajstić information content (AvgIpc) is 2.42. The Morgan fingerprint density at radius 1 is 1.16 bits per heavy atom. The molecule has 2 fully saturated rings. The van der Waals surface area contributed by atoms with Crippen molar-refractivity contribution in [3.8, 4) is 0 Å². The number of nitrogens with zero attached hydrogens (tertiary/aromatic N) is 3. The highest BCUT2D eigenvalue weighted by molar-refractivity contribution is 4.80. The fourth-order valence-electron chi connectivity index (χ4n) is 3.35. The van der Waals surface area contributed by atoms with Gasteiger partial charge < -0.3 is 9.80 Å². The quantitative estimate of drug-likeness (QED) is 0.810. The van der Waals surface area contributed by atoms with Crippen LogP contribution in [0.25, 0.3) is 0 Å². The van der Waals surface area contributed by atoms with E-state index in [9.17, 15) is 0 Å². The van der Waals surface area contributed by atoms with Gasteiger partial charge in [-0.2, -0.15) is 0 Å². The molecule has 0 saturated carbocycles. The lowest BCUT2D eigenvalue weighted by Gasteiger charge is -2.40. The predicted molar refractivity (Wildman–Crippen MR) is 81.1 cm³/mol. The first kappa shape index (κ1) is 15.2. The number of rotatable bonds is 5. The van der Waals surface area contributed by atoms with Crippen molar-refractivity contribution < 1.29 is 0 Å². The SMILES string of the molecule is CCCN1CCCC(C(C)NN2CCN(C)CC2)C1. The first-order valence-electron chi connectivity index (χ1n) is 8.11.